The van der Waals surface area contributed by atoms with Crippen LogP contribution < -0.4 is 10.1 Å². The van der Waals surface area contributed by atoms with E-state index in [2.05, 4.69) is 52.1 Å². The lowest BCUT2D eigenvalue weighted by molar-refractivity contribution is 0.202. The van der Waals surface area contributed by atoms with Gasteiger partial charge in [0, 0.05) is 12.1 Å². The Balaban J connectivity index is 2.46. The number of nitrogens with one attached hydrogen (secondary N) is 1. The third kappa shape index (κ3) is 6.06. The summed E-state index contributed by atoms with van der Waals surface area (Å²) in [5.74, 6) is 0.895. The molecular weight excluding hydrogens is 262 g/mol. The van der Waals surface area contributed by atoms with Crippen molar-refractivity contribution in [3.63, 3.8) is 0 Å². The van der Waals surface area contributed by atoms with E-state index in [9.17, 15) is 5.11 Å². The van der Waals surface area contributed by atoms with E-state index in [-0.39, 0.29) is 18.1 Å². The Bertz CT molecular complexity index is 398. The number of hydrogen-bond donors (Lipinski definition) is 2. The molecule has 21 heavy (non-hydrogen) atoms. The van der Waals surface area contributed by atoms with Gasteiger partial charge in [-0.15, -0.1) is 0 Å². The summed E-state index contributed by atoms with van der Waals surface area (Å²) < 4.78 is 5.77. The first kappa shape index (κ1) is 18.0. The Morgan fingerprint density at radius 1 is 1.19 bits per heavy atom. The molecule has 1 aromatic rings. The van der Waals surface area contributed by atoms with Crippen LogP contribution in [0.1, 0.15) is 53.0 Å². The van der Waals surface area contributed by atoms with Crippen LogP contribution in [0.25, 0.3) is 0 Å². The Morgan fingerprint density at radius 3 is 2.29 bits per heavy atom. The zero-order valence-electron chi connectivity index (χ0n) is 14.1. The van der Waals surface area contributed by atoms with Crippen molar-refractivity contribution in [2.45, 2.75) is 65.0 Å². The second-order valence-electron chi connectivity index (χ2n) is 6.60. The average Bonchev–Trinajstić information content (AvgIpc) is 2.46. The predicted molar refractivity (Wildman–Crippen MR) is 89.0 cm³/mol. The number of hydrogen-bond acceptors (Lipinski definition) is 3. The maximum absolute atomic E-state index is 9.31. The van der Waals surface area contributed by atoms with Crippen molar-refractivity contribution in [2.24, 2.45) is 0 Å². The molecule has 0 heterocycles. The fourth-order valence-electron chi connectivity index (χ4n) is 2.22. The van der Waals surface area contributed by atoms with Crippen LogP contribution >= 0.6 is 0 Å². The quantitative estimate of drug-likeness (QED) is 0.732. The zero-order valence-corrected chi connectivity index (χ0v) is 14.1. The molecule has 3 nitrogen and oxygen atoms in total. The first-order chi connectivity index (χ1) is 9.89. The molecule has 0 saturated heterocycles. The number of aliphatic hydroxyl groups excluding tert-OH is 1. The van der Waals surface area contributed by atoms with Crippen LogP contribution in [0.15, 0.2) is 24.3 Å². The highest BCUT2D eigenvalue weighted by atomic mass is 16.5. The summed E-state index contributed by atoms with van der Waals surface area (Å²) in [5.41, 5.74) is 1.55. The molecule has 0 spiro atoms. The standard InChI is InChI=1S/C18H31NO2/c1-6-18(4,5)15-7-9-17(10-8-15)21-12-11-16(13-20)19-14(2)3/h7-10,14,16,19-20H,6,11-13H2,1-5H3. The molecule has 0 aliphatic heterocycles. The van der Waals surface area contributed by atoms with Gasteiger partial charge in [-0.2, -0.15) is 0 Å². The molecule has 1 rings (SSSR count). The topological polar surface area (TPSA) is 41.5 Å². The second-order valence-corrected chi connectivity index (χ2v) is 6.60. The molecule has 0 fully saturated rings. The van der Waals surface area contributed by atoms with E-state index in [1.54, 1.807) is 0 Å². The van der Waals surface area contributed by atoms with Gasteiger partial charge in [-0.3, -0.25) is 0 Å². The molecule has 120 valence electrons. The molecular formula is C18H31NO2. The van der Waals surface area contributed by atoms with Gasteiger partial charge in [0.15, 0.2) is 0 Å². The zero-order chi connectivity index (χ0) is 15.9. The molecule has 0 aromatic heterocycles. The van der Waals surface area contributed by atoms with Crippen molar-refractivity contribution in [2.75, 3.05) is 13.2 Å². The summed E-state index contributed by atoms with van der Waals surface area (Å²) in [6.07, 6.45) is 1.92. The highest BCUT2D eigenvalue weighted by Crippen LogP contribution is 2.28. The molecule has 1 atom stereocenters. The van der Waals surface area contributed by atoms with Crippen LogP contribution in [0.5, 0.6) is 5.75 Å². The summed E-state index contributed by atoms with van der Waals surface area (Å²) in [6, 6.07) is 8.84. The van der Waals surface area contributed by atoms with Crippen molar-refractivity contribution >= 4 is 0 Å². The van der Waals surface area contributed by atoms with Gasteiger partial charge in [0.25, 0.3) is 0 Å². The van der Waals surface area contributed by atoms with E-state index < -0.39 is 0 Å². The van der Waals surface area contributed by atoms with Crippen LogP contribution in [-0.4, -0.2) is 30.4 Å². The van der Waals surface area contributed by atoms with Gasteiger partial charge in [0.1, 0.15) is 5.75 Å². The molecule has 0 saturated carbocycles. The van der Waals surface area contributed by atoms with E-state index in [1.807, 2.05) is 12.1 Å². The van der Waals surface area contributed by atoms with E-state index >= 15 is 0 Å². The van der Waals surface area contributed by atoms with Gasteiger partial charge in [0.05, 0.1) is 13.2 Å². The Morgan fingerprint density at radius 2 is 1.81 bits per heavy atom. The largest absolute Gasteiger partial charge is 0.494 e. The van der Waals surface area contributed by atoms with Crippen LogP contribution in [-0.2, 0) is 5.41 Å². The van der Waals surface area contributed by atoms with E-state index in [1.165, 1.54) is 5.56 Å². The molecule has 0 amide bonds. The van der Waals surface area contributed by atoms with Crippen LogP contribution in [0.4, 0.5) is 0 Å². The monoisotopic (exact) mass is 293 g/mol. The van der Waals surface area contributed by atoms with Gasteiger partial charge < -0.3 is 15.2 Å². The van der Waals surface area contributed by atoms with Gasteiger partial charge >= 0.3 is 0 Å². The number of rotatable bonds is 9. The SMILES string of the molecule is CCC(C)(C)c1ccc(OCCC(CO)NC(C)C)cc1. The number of benzene rings is 1. The van der Waals surface area contributed by atoms with Crippen molar-refractivity contribution in [1.29, 1.82) is 0 Å². The van der Waals surface area contributed by atoms with E-state index in [0.717, 1.165) is 18.6 Å². The number of ether oxygens (including phenoxy) is 1. The minimum Gasteiger partial charge on any atom is -0.494 e. The molecule has 0 radical (unpaired) electrons. The Kier molecular flexibility index (Phi) is 7.20. The van der Waals surface area contributed by atoms with Crippen LogP contribution in [0.3, 0.4) is 0 Å². The summed E-state index contributed by atoms with van der Waals surface area (Å²) in [6.45, 7) is 11.6. The lowest BCUT2D eigenvalue weighted by Crippen LogP contribution is -2.38. The van der Waals surface area contributed by atoms with Crippen molar-refractivity contribution in [3.8, 4) is 5.75 Å². The fourth-order valence-corrected chi connectivity index (χ4v) is 2.22. The normalized spacial score (nSPS) is 13.5. The smallest absolute Gasteiger partial charge is 0.119 e. The van der Waals surface area contributed by atoms with E-state index in [4.69, 9.17) is 4.74 Å². The highest BCUT2D eigenvalue weighted by Gasteiger charge is 2.17. The van der Waals surface area contributed by atoms with Gasteiger partial charge in [0.2, 0.25) is 0 Å². The predicted octanol–water partition coefficient (Wildman–Crippen LogP) is 3.50. The summed E-state index contributed by atoms with van der Waals surface area (Å²) in [7, 11) is 0. The van der Waals surface area contributed by atoms with Crippen LogP contribution in [0, 0.1) is 0 Å². The Hall–Kier alpha value is -1.06. The second kappa shape index (κ2) is 8.40. The third-order valence-electron chi connectivity index (χ3n) is 4.04. The van der Waals surface area contributed by atoms with Crippen molar-refractivity contribution in [1.82, 2.24) is 5.32 Å². The lowest BCUT2D eigenvalue weighted by Gasteiger charge is -2.23. The highest BCUT2D eigenvalue weighted by molar-refractivity contribution is 5.31. The first-order valence-corrected chi connectivity index (χ1v) is 7.99. The summed E-state index contributed by atoms with van der Waals surface area (Å²) in [5, 5.41) is 12.6. The van der Waals surface area contributed by atoms with Crippen LogP contribution in [0.2, 0.25) is 0 Å². The molecule has 0 aliphatic rings. The molecule has 3 heteroatoms. The molecule has 0 aliphatic carbocycles. The van der Waals surface area contributed by atoms with Gasteiger partial charge in [-0.25, -0.2) is 0 Å². The summed E-state index contributed by atoms with van der Waals surface area (Å²) in [4.78, 5) is 0. The van der Waals surface area contributed by atoms with Gasteiger partial charge in [-0.1, -0.05) is 46.8 Å². The molecule has 1 aromatic carbocycles. The van der Waals surface area contributed by atoms with Crippen molar-refractivity contribution < 1.29 is 9.84 Å². The molecule has 1 unspecified atom stereocenters. The number of aliphatic hydroxyl groups is 1. The van der Waals surface area contributed by atoms with E-state index in [0.29, 0.717) is 12.6 Å². The first-order valence-electron chi connectivity index (χ1n) is 7.99. The Labute approximate surface area is 129 Å². The minimum absolute atomic E-state index is 0.100. The maximum atomic E-state index is 9.31. The van der Waals surface area contributed by atoms with Crippen molar-refractivity contribution in [3.05, 3.63) is 29.8 Å². The van der Waals surface area contributed by atoms with Gasteiger partial charge in [-0.05, 0) is 36.0 Å². The summed E-state index contributed by atoms with van der Waals surface area (Å²) >= 11 is 0. The molecule has 2 N–H and O–H groups in total. The average molecular weight is 293 g/mol. The maximum Gasteiger partial charge on any atom is 0.119 e. The minimum atomic E-state index is 0.100. The molecule has 0 bridgehead atoms. The lowest BCUT2D eigenvalue weighted by atomic mass is 9.82. The third-order valence-corrected chi connectivity index (χ3v) is 4.04. The fraction of sp³-hybridized carbons (Fsp3) is 0.667.